The van der Waals surface area contributed by atoms with Gasteiger partial charge >= 0.3 is 6.18 Å². The van der Waals surface area contributed by atoms with Gasteiger partial charge in [-0.25, -0.2) is 0 Å². The normalized spacial score (nSPS) is 18.8. The molecular formula is C24H22F3N3O2S2. The Morgan fingerprint density at radius 2 is 1.76 bits per heavy atom. The number of benzene rings is 2. The lowest BCUT2D eigenvalue weighted by molar-refractivity contribution is -0.137. The van der Waals surface area contributed by atoms with E-state index in [9.17, 15) is 22.8 Å². The van der Waals surface area contributed by atoms with Crippen molar-refractivity contribution in [1.29, 1.82) is 0 Å². The average molecular weight is 506 g/mol. The molecule has 2 heterocycles. The quantitative estimate of drug-likeness (QED) is 0.453. The molecule has 0 bridgehead atoms. The molecule has 2 aliphatic heterocycles. The number of hydrogen-bond donors (Lipinski definition) is 0. The van der Waals surface area contributed by atoms with Crippen LogP contribution in [0.3, 0.4) is 0 Å². The van der Waals surface area contributed by atoms with Crippen LogP contribution in [0.1, 0.15) is 27.0 Å². The number of alkyl halides is 3. The summed E-state index contributed by atoms with van der Waals surface area (Å²) in [5.74, 6) is -0.358. The Morgan fingerprint density at radius 1 is 1.09 bits per heavy atom. The zero-order chi connectivity index (χ0) is 24.5. The van der Waals surface area contributed by atoms with Crippen molar-refractivity contribution in [2.24, 2.45) is 0 Å². The number of hydrogen-bond acceptors (Lipinski definition) is 5. The van der Waals surface area contributed by atoms with E-state index in [1.165, 1.54) is 17.0 Å². The summed E-state index contributed by atoms with van der Waals surface area (Å²) in [4.78, 5) is 31.6. The zero-order valence-corrected chi connectivity index (χ0v) is 20.0. The number of thiocarbonyl (C=S) groups is 1. The van der Waals surface area contributed by atoms with Crippen LogP contribution in [0.4, 0.5) is 13.2 Å². The number of piperazine rings is 1. The van der Waals surface area contributed by atoms with Crippen LogP contribution in [0.5, 0.6) is 0 Å². The molecule has 0 aromatic heterocycles. The fourth-order valence-electron chi connectivity index (χ4n) is 3.72. The molecule has 10 heteroatoms. The van der Waals surface area contributed by atoms with Gasteiger partial charge in [0.05, 0.1) is 17.0 Å². The molecule has 2 fully saturated rings. The highest BCUT2D eigenvalue weighted by Gasteiger charge is 2.33. The first kappa shape index (κ1) is 24.4. The largest absolute Gasteiger partial charge is 0.416 e. The van der Waals surface area contributed by atoms with E-state index in [0.717, 1.165) is 37.0 Å². The Morgan fingerprint density at radius 3 is 2.41 bits per heavy atom. The van der Waals surface area contributed by atoms with Crippen molar-refractivity contribution in [2.45, 2.75) is 12.7 Å². The van der Waals surface area contributed by atoms with Gasteiger partial charge in [0.25, 0.3) is 11.8 Å². The Hall–Kier alpha value is -2.69. The van der Waals surface area contributed by atoms with Gasteiger partial charge in [-0.3, -0.25) is 14.5 Å². The molecule has 0 unspecified atom stereocenters. The lowest BCUT2D eigenvalue weighted by atomic mass is 10.1. The van der Waals surface area contributed by atoms with Crippen molar-refractivity contribution >= 4 is 46.2 Å². The van der Waals surface area contributed by atoms with Crippen LogP contribution >= 0.6 is 24.0 Å². The molecule has 0 aliphatic carbocycles. The molecule has 5 nitrogen and oxygen atoms in total. The van der Waals surface area contributed by atoms with Gasteiger partial charge in [-0.2, -0.15) is 13.2 Å². The van der Waals surface area contributed by atoms with E-state index >= 15 is 0 Å². The fourth-order valence-corrected chi connectivity index (χ4v) is 4.98. The maximum atomic E-state index is 12.9. The first-order valence-electron chi connectivity index (χ1n) is 10.6. The lowest BCUT2D eigenvalue weighted by Crippen LogP contribution is -2.47. The smallest absolute Gasteiger partial charge is 0.336 e. The molecule has 2 aromatic carbocycles. The summed E-state index contributed by atoms with van der Waals surface area (Å²) in [6.45, 7) is 3.08. The fraction of sp³-hybridized carbons (Fsp3) is 0.292. The number of likely N-dealkylation sites (N-methyl/N-ethyl adjacent to an activating group) is 1. The molecule has 178 valence electrons. The molecular weight excluding hydrogens is 483 g/mol. The summed E-state index contributed by atoms with van der Waals surface area (Å²) >= 11 is 6.47. The summed E-state index contributed by atoms with van der Waals surface area (Å²) in [6.07, 6.45) is -2.73. The topological polar surface area (TPSA) is 43.9 Å². The van der Waals surface area contributed by atoms with E-state index in [1.54, 1.807) is 24.3 Å². The van der Waals surface area contributed by atoms with E-state index in [2.05, 4.69) is 4.90 Å². The minimum Gasteiger partial charge on any atom is -0.336 e. The van der Waals surface area contributed by atoms with Gasteiger partial charge in [-0.15, -0.1) is 0 Å². The predicted molar refractivity (Wildman–Crippen MR) is 130 cm³/mol. The number of amides is 2. The highest BCUT2D eigenvalue weighted by atomic mass is 32.2. The number of nitrogens with zero attached hydrogens (tertiary/aromatic N) is 3. The third-order valence-corrected chi connectivity index (χ3v) is 7.10. The van der Waals surface area contributed by atoms with Crippen molar-refractivity contribution in [1.82, 2.24) is 14.7 Å². The van der Waals surface area contributed by atoms with Gasteiger partial charge in [0.2, 0.25) is 0 Å². The van der Waals surface area contributed by atoms with Crippen LogP contribution in [0.2, 0.25) is 0 Å². The second-order valence-electron chi connectivity index (χ2n) is 8.18. The first-order valence-corrected chi connectivity index (χ1v) is 11.8. The molecule has 0 spiro atoms. The van der Waals surface area contributed by atoms with Gasteiger partial charge in [0.15, 0.2) is 0 Å². The Labute approximate surface area is 205 Å². The van der Waals surface area contributed by atoms with E-state index in [0.29, 0.717) is 39.0 Å². The molecule has 0 N–H and O–H groups in total. The molecule has 2 saturated heterocycles. The van der Waals surface area contributed by atoms with E-state index in [1.807, 2.05) is 18.0 Å². The predicted octanol–water partition coefficient (Wildman–Crippen LogP) is 4.49. The average Bonchev–Trinajstić information content (AvgIpc) is 3.06. The number of halogens is 3. The summed E-state index contributed by atoms with van der Waals surface area (Å²) < 4.78 is 38.7. The van der Waals surface area contributed by atoms with Crippen molar-refractivity contribution in [2.75, 3.05) is 33.2 Å². The Balaban J connectivity index is 1.47. The number of rotatable bonds is 4. The molecule has 4 rings (SSSR count). The van der Waals surface area contributed by atoms with Gasteiger partial charge in [0.1, 0.15) is 4.32 Å². The van der Waals surface area contributed by atoms with Crippen LogP contribution in [0, 0.1) is 0 Å². The number of carbonyl (C=O) groups is 2. The Bertz CT molecular complexity index is 1140. The van der Waals surface area contributed by atoms with Crippen LogP contribution in [-0.4, -0.2) is 64.1 Å². The maximum absolute atomic E-state index is 12.9. The third-order valence-electron chi connectivity index (χ3n) is 5.72. The third kappa shape index (κ3) is 5.51. The summed E-state index contributed by atoms with van der Waals surface area (Å²) in [6, 6.07) is 11.8. The Kier molecular flexibility index (Phi) is 7.11. The molecule has 0 radical (unpaired) electrons. The molecule has 0 saturated carbocycles. The second-order valence-corrected chi connectivity index (χ2v) is 9.86. The van der Waals surface area contributed by atoms with Gasteiger partial charge in [0, 0.05) is 31.7 Å². The van der Waals surface area contributed by atoms with Gasteiger partial charge in [-0.1, -0.05) is 48.2 Å². The molecule has 2 aliphatic rings. The SMILES string of the molecule is CN1CCN(C(=O)c2cccc(/C=C3\SC(=S)N(Cc4ccc(C(F)(F)F)cc4)C3=O)c2)CC1. The summed E-state index contributed by atoms with van der Waals surface area (Å²) in [5.41, 5.74) is 1.06. The minimum atomic E-state index is -4.41. The molecule has 2 aromatic rings. The zero-order valence-electron chi connectivity index (χ0n) is 18.3. The van der Waals surface area contributed by atoms with Crippen molar-refractivity contribution < 1.29 is 22.8 Å². The van der Waals surface area contributed by atoms with Gasteiger partial charge < -0.3 is 9.80 Å². The van der Waals surface area contributed by atoms with Crippen molar-refractivity contribution in [3.05, 3.63) is 75.7 Å². The van der Waals surface area contributed by atoms with Crippen molar-refractivity contribution in [3.63, 3.8) is 0 Å². The second kappa shape index (κ2) is 9.89. The lowest BCUT2D eigenvalue weighted by Gasteiger charge is -2.32. The number of thioether (sulfide) groups is 1. The van der Waals surface area contributed by atoms with E-state index in [4.69, 9.17) is 12.2 Å². The maximum Gasteiger partial charge on any atom is 0.416 e. The highest BCUT2D eigenvalue weighted by Crippen LogP contribution is 2.34. The molecule has 34 heavy (non-hydrogen) atoms. The standard InChI is InChI=1S/C24H22F3N3O2S2/c1-28-9-11-29(12-10-28)21(31)18-4-2-3-17(13-18)14-20-22(32)30(23(33)34-20)15-16-5-7-19(8-6-16)24(25,26)27/h2-8,13-14H,9-12,15H2,1H3/b20-14-. The summed E-state index contributed by atoms with van der Waals surface area (Å²) in [7, 11) is 2.02. The minimum absolute atomic E-state index is 0.0433. The van der Waals surface area contributed by atoms with Gasteiger partial charge in [-0.05, 0) is 48.5 Å². The van der Waals surface area contributed by atoms with Crippen LogP contribution in [0.25, 0.3) is 6.08 Å². The highest BCUT2D eigenvalue weighted by molar-refractivity contribution is 8.26. The van der Waals surface area contributed by atoms with E-state index < -0.39 is 11.7 Å². The molecule has 0 atom stereocenters. The monoisotopic (exact) mass is 505 g/mol. The number of carbonyl (C=O) groups excluding carboxylic acids is 2. The first-order chi connectivity index (χ1) is 16.1. The van der Waals surface area contributed by atoms with Crippen LogP contribution in [0.15, 0.2) is 53.4 Å². The van der Waals surface area contributed by atoms with E-state index in [-0.39, 0.29) is 18.4 Å². The van der Waals surface area contributed by atoms with Crippen LogP contribution in [-0.2, 0) is 17.5 Å². The molecule has 2 amide bonds. The van der Waals surface area contributed by atoms with Crippen LogP contribution < -0.4 is 0 Å². The van der Waals surface area contributed by atoms with Crippen molar-refractivity contribution in [3.8, 4) is 0 Å². The summed E-state index contributed by atoms with van der Waals surface area (Å²) in [5, 5.41) is 0.